The first-order chi connectivity index (χ1) is 13.5. The van der Waals surface area contributed by atoms with Crippen LogP contribution in [-0.4, -0.2) is 17.9 Å². The van der Waals surface area contributed by atoms with Crippen molar-refractivity contribution in [1.82, 2.24) is 5.16 Å². The first-order valence-electron chi connectivity index (χ1n) is 10.6. The van der Waals surface area contributed by atoms with Gasteiger partial charge in [-0.1, -0.05) is 30.2 Å². The monoisotopic (exact) mass is 383 g/mol. The van der Waals surface area contributed by atoms with Crippen molar-refractivity contribution in [2.24, 2.45) is 0 Å². The molecule has 4 nitrogen and oxygen atoms in total. The fourth-order valence-electron chi connectivity index (χ4n) is 4.08. The molecule has 0 saturated carbocycles. The summed E-state index contributed by atoms with van der Waals surface area (Å²) in [6, 6.07) is 6.33. The Bertz CT molecular complexity index is 802. The number of hydrogen-bond donors (Lipinski definition) is 0. The van der Waals surface area contributed by atoms with E-state index in [2.05, 4.69) is 43.3 Å². The second-order valence-corrected chi connectivity index (χ2v) is 7.71. The minimum absolute atomic E-state index is 0.0122. The van der Waals surface area contributed by atoms with Crippen LogP contribution < -0.4 is 4.74 Å². The number of nitrogens with zero attached hydrogens (tertiary/aromatic N) is 1. The van der Waals surface area contributed by atoms with Crippen LogP contribution in [0.3, 0.4) is 0 Å². The smallest absolute Gasteiger partial charge is 0.141 e. The number of aromatic nitrogens is 1. The maximum absolute atomic E-state index is 6.45. The Balaban J connectivity index is 1.87. The second-order valence-electron chi connectivity index (χ2n) is 7.71. The molecule has 152 valence electrons. The van der Waals surface area contributed by atoms with Gasteiger partial charge in [-0.3, -0.25) is 0 Å². The molecule has 28 heavy (non-hydrogen) atoms. The third-order valence-electron chi connectivity index (χ3n) is 5.39. The molecule has 1 aliphatic rings. The van der Waals surface area contributed by atoms with Crippen LogP contribution in [-0.2, 0) is 4.74 Å². The van der Waals surface area contributed by atoms with Gasteiger partial charge in [0.2, 0.25) is 0 Å². The van der Waals surface area contributed by atoms with Gasteiger partial charge < -0.3 is 14.0 Å². The molecule has 3 rings (SSSR count). The summed E-state index contributed by atoms with van der Waals surface area (Å²) in [7, 11) is 0. The number of benzene rings is 1. The van der Waals surface area contributed by atoms with Crippen molar-refractivity contribution in [3.8, 4) is 16.9 Å². The highest BCUT2D eigenvalue weighted by Crippen LogP contribution is 2.35. The van der Waals surface area contributed by atoms with Crippen LogP contribution in [0, 0.1) is 13.8 Å². The maximum Gasteiger partial charge on any atom is 0.141 e. The van der Waals surface area contributed by atoms with E-state index in [1.807, 2.05) is 20.8 Å². The zero-order valence-electron chi connectivity index (χ0n) is 17.9. The van der Waals surface area contributed by atoms with Crippen LogP contribution in [0.2, 0.25) is 0 Å². The molecule has 1 heterocycles. The summed E-state index contributed by atoms with van der Waals surface area (Å²) < 4.78 is 17.7. The molecule has 4 heteroatoms. The molecule has 0 radical (unpaired) electrons. The van der Waals surface area contributed by atoms with Crippen molar-refractivity contribution < 1.29 is 14.0 Å². The summed E-state index contributed by atoms with van der Waals surface area (Å²) in [5.41, 5.74) is 5.67. The van der Waals surface area contributed by atoms with Gasteiger partial charge in [0.05, 0.1) is 24.5 Å². The van der Waals surface area contributed by atoms with Crippen molar-refractivity contribution in [3.05, 3.63) is 46.9 Å². The standard InChI is InChI=1S/C24H33NO3/c1-6-9-19-10-8-11-22(12-19)27-17(4)20-13-21(15-23(14-20)26-7-2)24-16(3)25-28-18(24)5/h12-15,17,22H,6-11H2,1-5H3. The first-order valence-corrected chi connectivity index (χ1v) is 10.6. The predicted molar refractivity (Wildman–Crippen MR) is 113 cm³/mol. The number of hydrogen-bond acceptors (Lipinski definition) is 4. The van der Waals surface area contributed by atoms with E-state index in [-0.39, 0.29) is 12.2 Å². The van der Waals surface area contributed by atoms with Gasteiger partial charge in [-0.05, 0) is 82.7 Å². The molecule has 0 spiro atoms. The highest BCUT2D eigenvalue weighted by molar-refractivity contribution is 5.70. The van der Waals surface area contributed by atoms with E-state index in [0.717, 1.165) is 40.3 Å². The van der Waals surface area contributed by atoms with Crippen molar-refractivity contribution in [1.29, 1.82) is 0 Å². The maximum atomic E-state index is 6.45. The molecule has 0 saturated heterocycles. The molecule has 2 aromatic rings. The Morgan fingerprint density at radius 1 is 1.21 bits per heavy atom. The number of rotatable bonds is 8. The number of allylic oxidation sites excluding steroid dienone is 1. The normalized spacial score (nSPS) is 18.0. The Morgan fingerprint density at radius 3 is 2.71 bits per heavy atom. The average Bonchev–Trinajstić information content (AvgIpc) is 3.00. The van der Waals surface area contributed by atoms with Gasteiger partial charge in [0.1, 0.15) is 11.5 Å². The highest BCUT2D eigenvalue weighted by atomic mass is 16.5. The number of ether oxygens (including phenoxy) is 2. The molecule has 0 fully saturated rings. The number of aryl methyl sites for hydroxylation is 2. The molecule has 1 aromatic carbocycles. The van der Waals surface area contributed by atoms with Crippen LogP contribution in [0.5, 0.6) is 5.75 Å². The minimum Gasteiger partial charge on any atom is -0.494 e. The Labute approximate surface area is 168 Å². The lowest BCUT2D eigenvalue weighted by atomic mass is 9.94. The lowest BCUT2D eigenvalue weighted by Gasteiger charge is -2.25. The quantitative estimate of drug-likeness (QED) is 0.475. The van der Waals surface area contributed by atoms with E-state index in [1.54, 1.807) is 5.57 Å². The van der Waals surface area contributed by atoms with Gasteiger partial charge in [-0.15, -0.1) is 0 Å². The Morgan fingerprint density at radius 2 is 2.04 bits per heavy atom. The molecule has 2 atom stereocenters. The van der Waals surface area contributed by atoms with E-state index < -0.39 is 0 Å². The largest absolute Gasteiger partial charge is 0.494 e. The molecular formula is C24H33NO3. The lowest BCUT2D eigenvalue weighted by molar-refractivity contribution is 0.0150. The van der Waals surface area contributed by atoms with Crippen LogP contribution in [0.1, 0.15) is 76.0 Å². The summed E-state index contributed by atoms with van der Waals surface area (Å²) in [4.78, 5) is 0. The SMILES string of the molecule is CCCC1=CC(OC(C)c2cc(OCC)cc(-c3c(C)noc3C)c2)CCC1. The van der Waals surface area contributed by atoms with Gasteiger partial charge in [0.25, 0.3) is 0 Å². The summed E-state index contributed by atoms with van der Waals surface area (Å²) in [6.45, 7) is 10.9. The average molecular weight is 384 g/mol. The topological polar surface area (TPSA) is 44.5 Å². The van der Waals surface area contributed by atoms with Gasteiger partial charge in [-0.25, -0.2) is 0 Å². The second kappa shape index (κ2) is 9.42. The zero-order valence-corrected chi connectivity index (χ0v) is 17.9. The highest BCUT2D eigenvalue weighted by Gasteiger charge is 2.20. The molecule has 1 aromatic heterocycles. The van der Waals surface area contributed by atoms with Crippen molar-refractivity contribution >= 4 is 0 Å². The summed E-state index contributed by atoms with van der Waals surface area (Å²) in [5.74, 6) is 1.68. The van der Waals surface area contributed by atoms with Crippen LogP contribution >= 0.6 is 0 Å². The van der Waals surface area contributed by atoms with Gasteiger partial charge in [0, 0.05) is 5.56 Å². The van der Waals surface area contributed by atoms with Crippen molar-refractivity contribution in [2.45, 2.75) is 78.9 Å². The predicted octanol–water partition coefficient (Wildman–Crippen LogP) is 6.71. The van der Waals surface area contributed by atoms with Crippen molar-refractivity contribution in [2.75, 3.05) is 6.61 Å². The minimum atomic E-state index is -0.0122. The molecule has 0 N–H and O–H groups in total. The summed E-state index contributed by atoms with van der Waals surface area (Å²) >= 11 is 0. The molecular weight excluding hydrogens is 350 g/mol. The van der Waals surface area contributed by atoms with E-state index in [1.165, 1.54) is 25.7 Å². The molecule has 2 unspecified atom stereocenters. The first kappa shape index (κ1) is 20.7. The van der Waals surface area contributed by atoms with Gasteiger partial charge >= 0.3 is 0 Å². The van der Waals surface area contributed by atoms with Crippen LogP contribution in [0.4, 0.5) is 0 Å². The third-order valence-corrected chi connectivity index (χ3v) is 5.39. The van der Waals surface area contributed by atoms with Gasteiger partial charge in [-0.2, -0.15) is 0 Å². The summed E-state index contributed by atoms with van der Waals surface area (Å²) in [6.07, 6.45) is 8.45. The molecule has 0 aliphatic heterocycles. The zero-order chi connectivity index (χ0) is 20.1. The molecule has 1 aliphatic carbocycles. The van der Waals surface area contributed by atoms with E-state index >= 15 is 0 Å². The van der Waals surface area contributed by atoms with Gasteiger partial charge in [0.15, 0.2) is 0 Å². The lowest BCUT2D eigenvalue weighted by Crippen LogP contribution is -2.17. The third kappa shape index (κ3) is 4.85. The summed E-state index contributed by atoms with van der Waals surface area (Å²) in [5, 5.41) is 4.11. The fraction of sp³-hybridized carbons (Fsp3) is 0.542. The van der Waals surface area contributed by atoms with Crippen LogP contribution in [0.25, 0.3) is 11.1 Å². The van der Waals surface area contributed by atoms with E-state index in [9.17, 15) is 0 Å². The van der Waals surface area contributed by atoms with E-state index in [0.29, 0.717) is 6.61 Å². The van der Waals surface area contributed by atoms with Crippen molar-refractivity contribution in [3.63, 3.8) is 0 Å². The van der Waals surface area contributed by atoms with E-state index in [4.69, 9.17) is 14.0 Å². The fourth-order valence-corrected chi connectivity index (χ4v) is 4.08. The Kier molecular flexibility index (Phi) is 6.95. The Hall–Kier alpha value is -2.07. The molecule has 0 bridgehead atoms. The molecule has 0 amide bonds. The van der Waals surface area contributed by atoms with Crippen LogP contribution in [0.15, 0.2) is 34.4 Å².